The first-order chi connectivity index (χ1) is 17.2. The molecule has 0 radical (unpaired) electrons. The first-order valence-electron chi connectivity index (χ1n) is 12.1. The van der Waals surface area contributed by atoms with Crippen molar-refractivity contribution < 1.29 is 13.2 Å². The number of halogens is 1. The second-order valence-corrected chi connectivity index (χ2v) is 11.8. The molecule has 2 aromatic rings. The van der Waals surface area contributed by atoms with Gasteiger partial charge in [-0.15, -0.1) is 0 Å². The molecule has 0 saturated carbocycles. The van der Waals surface area contributed by atoms with E-state index in [1.165, 1.54) is 20.3 Å². The zero-order valence-electron chi connectivity index (χ0n) is 20.9. The van der Waals surface area contributed by atoms with Crippen molar-refractivity contribution in [2.75, 3.05) is 68.5 Å². The Kier molecular flexibility index (Phi) is 8.38. The third-order valence-corrected chi connectivity index (χ3v) is 9.06. The Bertz CT molecular complexity index is 1190. The molecular formula is C23H34ClN7O4S. The van der Waals surface area contributed by atoms with Crippen molar-refractivity contribution in [1.29, 1.82) is 0 Å². The van der Waals surface area contributed by atoms with Gasteiger partial charge in [-0.3, -0.25) is 9.10 Å². The monoisotopic (exact) mass is 539 g/mol. The second kappa shape index (κ2) is 11.3. The van der Waals surface area contributed by atoms with E-state index in [1.54, 1.807) is 24.5 Å². The van der Waals surface area contributed by atoms with Crippen LogP contribution in [-0.4, -0.2) is 81.5 Å². The third-order valence-electron chi connectivity index (χ3n) is 6.78. The molecule has 36 heavy (non-hydrogen) atoms. The van der Waals surface area contributed by atoms with Crippen LogP contribution in [0.25, 0.3) is 0 Å². The molecule has 0 spiro atoms. The fraction of sp³-hybridized carbons (Fsp3) is 0.609. The van der Waals surface area contributed by atoms with Gasteiger partial charge in [-0.2, -0.15) is 17.8 Å². The molecule has 11 nitrogen and oxygen atoms in total. The topological polar surface area (TPSA) is 113 Å². The summed E-state index contributed by atoms with van der Waals surface area (Å²) < 4.78 is 36.0. The van der Waals surface area contributed by atoms with E-state index in [1.807, 2.05) is 19.0 Å². The summed E-state index contributed by atoms with van der Waals surface area (Å²) in [5.41, 5.74) is 0.626. The Balaban J connectivity index is 1.38. The standard InChI is InChI=1S/C23H34ClN7O4S/c1-28(2)21-7-6-19(14-26-21)29(3)36(33,34)30-10-8-18(9-11-30)31-23(32)22(24)20(15-27-31)25-13-17-5-4-12-35-16-17/h6-7,14-15,17-18,25H,4-5,8-13,16H2,1-3H3/t17-/m1/s1. The van der Waals surface area contributed by atoms with Crippen molar-refractivity contribution in [2.24, 2.45) is 5.92 Å². The molecule has 198 valence electrons. The van der Waals surface area contributed by atoms with Crippen LogP contribution in [0.15, 0.2) is 29.3 Å². The fourth-order valence-electron chi connectivity index (χ4n) is 4.50. The van der Waals surface area contributed by atoms with Gasteiger partial charge < -0.3 is 15.0 Å². The zero-order chi connectivity index (χ0) is 25.9. The van der Waals surface area contributed by atoms with Crippen LogP contribution >= 0.6 is 11.6 Å². The number of rotatable bonds is 8. The average molecular weight is 540 g/mol. The van der Waals surface area contributed by atoms with E-state index in [2.05, 4.69) is 15.4 Å². The lowest BCUT2D eigenvalue weighted by Gasteiger charge is -2.34. The highest BCUT2D eigenvalue weighted by Crippen LogP contribution is 2.27. The van der Waals surface area contributed by atoms with E-state index < -0.39 is 10.2 Å². The van der Waals surface area contributed by atoms with Gasteiger partial charge in [0.1, 0.15) is 10.8 Å². The molecule has 0 amide bonds. The highest BCUT2D eigenvalue weighted by atomic mass is 35.5. The molecule has 1 atom stereocenters. The Labute approximate surface area is 217 Å². The number of hydrogen-bond acceptors (Lipinski definition) is 8. The summed E-state index contributed by atoms with van der Waals surface area (Å²) in [7, 11) is 1.52. The van der Waals surface area contributed by atoms with E-state index >= 15 is 0 Å². The maximum absolute atomic E-state index is 13.2. The van der Waals surface area contributed by atoms with E-state index in [-0.39, 0.29) is 29.7 Å². The summed E-state index contributed by atoms with van der Waals surface area (Å²) in [5.74, 6) is 1.12. The predicted molar refractivity (Wildman–Crippen MR) is 141 cm³/mol. The molecule has 2 fully saturated rings. The Morgan fingerprint density at radius 3 is 2.53 bits per heavy atom. The molecule has 4 heterocycles. The summed E-state index contributed by atoms with van der Waals surface area (Å²) in [6, 6.07) is 3.28. The van der Waals surface area contributed by atoms with Crippen LogP contribution in [0.2, 0.25) is 5.02 Å². The quantitative estimate of drug-likeness (QED) is 0.543. The summed E-state index contributed by atoms with van der Waals surface area (Å²) in [4.78, 5) is 19.1. The minimum absolute atomic E-state index is 0.102. The highest BCUT2D eigenvalue weighted by molar-refractivity contribution is 7.90. The lowest BCUT2D eigenvalue weighted by molar-refractivity contribution is 0.0595. The van der Waals surface area contributed by atoms with Crippen molar-refractivity contribution in [3.8, 4) is 0 Å². The van der Waals surface area contributed by atoms with Gasteiger partial charge >= 0.3 is 10.2 Å². The van der Waals surface area contributed by atoms with Gasteiger partial charge in [0.25, 0.3) is 5.56 Å². The van der Waals surface area contributed by atoms with Gasteiger partial charge in [0.05, 0.1) is 36.4 Å². The maximum atomic E-state index is 13.2. The van der Waals surface area contributed by atoms with Crippen LogP contribution in [0.4, 0.5) is 17.2 Å². The lowest BCUT2D eigenvalue weighted by atomic mass is 10.0. The normalized spacial score (nSPS) is 19.7. The van der Waals surface area contributed by atoms with Gasteiger partial charge in [0.15, 0.2) is 0 Å². The van der Waals surface area contributed by atoms with Gasteiger partial charge in [-0.25, -0.2) is 9.67 Å². The predicted octanol–water partition coefficient (Wildman–Crippen LogP) is 2.21. The average Bonchev–Trinajstić information content (AvgIpc) is 2.90. The minimum atomic E-state index is -3.74. The van der Waals surface area contributed by atoms with Crippen LogP contribution in [0.3, 0.4) is 0 Å². The first kappa shape index (κ1) is 26.6. The molecule has 0 bridgehead atoms. The van der Waals surface area contributed by atoms with Crippen LogP contribution < -0.4 is 20.1 Å². The Hall–Kier alpha value is -2.41. The van der Waals surface area contributed by atoms with E-state index in [9.17, 15) is 13.2 Å². The summed E-state index contributed by atoms with van der Waals surface area (Å²) in [6.07, 6.45) is 6.14. The van der Waals surface area contributed by atoms with E-state index in [4.69, 9.17) is 16.3 Å². The van der Waals surface area contributed by atoms with Crippen molar-refractivity contribution in [1.82, 2.24) is 19.1 Å². The largest absolute Gasteiger partial charge is 0.382 e. The number of nitrogens with one attached hydrogen (secondary N) is 1. The highest BCUT2D eigenvalue weighted by Gasteiger charge is 2.33. The first-order valence-corrected chi connectivity index (χ1v) is 13.9. The van der Waals surface area contributed by atoms with Crippen LogP contribution in [0.5, 0.6) is 0 Å². The number of nitrogens with zero attached hydrogens (tertiary/aromatic N) is 6. The van der Waals surface area contributed by atoms with Crippen LogP contribution in [0, 0.1) is 5.92 Å². The molecule has 2 aromatic heterocycles. The number of piperidine rings is 1. The molecule has 2 saturated heterocycles. The maximum Gasteiger partial charge on any atom is 0.303 e. The number of aromatic nitrogens is 3. The smallest absolute Gasteiger partial charge is 0.303 e. The summed E-state index contributed by atoms with van der Waals surface area (Å²) >= 11 is 6.39. The number of hydrogen-bond donors (Lipinski definition) is 1. The minimum Gasteiger partial charge on any atom is -0.382 e. The van der Waals surface area contributed by atoms with Crippen molar-refractivity contribution in [3.63, 3.8) is 0 Å². The number of ether oxygens (including phenoxy) is 1. The van der Waals surface area contributed by atoms with Gasteiger partial charge in [-0.1, -0.05) is 11.6 Å². The van der Waals surface area contributed by atoms with Gasteiger partial charge in [0, 0.05) is 47.4 Å². The van der Waals surface area contributed by atoms with Crippen molar-refractivity contribution in [3.05, 3.63) is 39.9 Å². The molecule has 1 N–H and O–H groups in total. The Morgan fingerprint density at radius 2 is 1.92 bits per heavy atom. The number of anilines is 3. The summed E-state index contributed by atoms with van der Waals surface area (Å²) in [6.45, 7) is 2.71. The van der Waals surface area contributed by atoms with Crippen molar-refractivity contribution >= 4 is 39.0 Å². The third kappa shape index (κ3) is 5.77. The number of pyridine rings is 1. The molecule has 13 heteroatoms. The van der Waals surface area contributed by atoms with Gasteiger partial charge in [0.2, 0.25) is 0 Å². The van der Waals surface area contributed by atoms with Crippen LogP contribution in [0.1, 0.15) is 31.7 Å². The van der Waals surface area contributed by atoms with E-state index in [0.717, 1.165) is 25.3 Å². The van der Waals surface area contributed by atoms with E-state index in [0.29, 0.717) is 43.3 Å². The zero-order valence-corrected chi connectivity index (χ0v) is 22.5. The molecule has 4 rings (SSSR count). The molecule has 0 unspecified atom stereocenters. The summed E-state index contributed by atoms with van der Waals surface area (Å²) in [5, 5.41) is 7.69. The van der Waals surface area contributed by atoms with Crippen molar-refractivity contribution in [2.45, 2.75) is 31.7 Å². The molecule has 0 aromatic carbocycles. The molecular weight excluding hydrogens is 506 g/mol. The Morgan fingerprint density at radius 1 is 1.17 bits per heavy atom. The van der Waals surface area contributed by atoms with Gasteiger partial charge in [-0.05, 0) is 43.7 Å². The lowest BCUT2D eigenvalue weighted by Crippen LogP contribution is -2.47. The SMILES string of the molecule is CN(C)c1ccc(N(C)S(=O)(=O)N2CCC(n3ncc(NC[C@H]4CCCOC4)c(Cl)c3=O)CC2)cn1. The fourth-order valence-corrected chi connectivity index (χ4v) is 6.10. The second-order valence-electron chi connectivity index (χ2n) is 9.46. The molecule has 0 aliphatic carbocycles. The van der Waals surface area contributed by atoms with Crippen LogP contribution in [-0.2, 0) is 14.9 Å². The molecule has 2 aliphatic rings. The molecule has 2 aliphatic heterocycles.